The highest BCUT2D eigenvalue weighted by Crippen LogP contribution is 2.22. The van der Waals surface area contributed by atoms with Crippen LogP contribution in [0.5, 0.6) is 0 Å². The number of para-hydroxylation sites is 1. The lowest BCUT2D eigenvalue weighted by Crippen LogP contribution is -2.24. The molecular weight excluding hydrogens is 254 g/mol. The van der Waals surface area contributed by atoms with E-state index in [1.165, 1.54) is 0 Å². The van der Waals surface area contributed by atoms with Crippen LogP contribution in [0, 0.1) is 0 Å². The van der Waals surface area contributed by atoms with Crippen LogP contribution in [0.4, 0.5) is 5.69 Å². The van der Waals surface area contributed by atoms with Gasteiger partial charge in [-0.3, -0.25) is 9.48 Å². The molecule has 3 N–H and O–H groups in total. The highest BCUT2D eigenvalue weighted by Gasteiger charge is 2.11. The molecule has 0 spiro atoms. The third-order valence-electron chi connectivity index (χ3n) is 2.35. The lowest BCUT2D eigenvalue weighted by atomic mass is 10.1. The first-order valence-electron chi connectivity index (χ1n) is 5.24. The normalized spacial score (nSPS) is 10.3. The van der Waals surface area contributed by atoms with Crippen LogP contribution >= 0.6 is 11.6 Å². The quantitative estimate of drug-likeness (QED) is 0.810. The summed E-state index contributed by atoms with van der Waals surface area (Å²) in [5.74, 6) is 0.230. The van der Waals surface area contributed by atoms with Crippen molar-refractivity contribution in [3.8, 4) is 0 Å². The summed E-state index contributed by atoms with van der Waals surface area (Å²) in [6, 6.07) is 4.92. The van der Waals surface area contributed by atoms with Crippen molar-refractivity contribution < 1.29 is 4.79 Å². The van der Waals surface area contributed by atoms with Crippen LogP contribution in [0.25, 0.3) is 0 Å². The number of nitrogens with two attached hydrogens (primary N) is 1. The number of carbonyl (C=O) groups is 1. The molecule has 0 fully saturated rings. The van der Waals surface area contributed by atoms with Crippen LogP contribution in [0.2, 0.25) is 5.02 Å². The van der Waals surface area contributed by atoms with E-state index in [-0.39, 0.29) is 18.1 Å². The average Bonchev–Trinajstić information content (AvgIpc) is 2.76. The summed E-state index contributed by atoms with van der Waals surface area (Å²) in [4.78, 5) is 15.9. The topological polar surface area (TPSA) is 85.8 Å². The van der Waals surface area contributed by atoms with Crippen LogP contribution in [-0.2, 0) is 13.6 Å². The number of halogens is 1. The second kappa shape index (κ2) is 5.05. The van der Waals surface area contributed by atoms with Gasteiger partial charge in [0.15, 0.2) is 5.82 Å². The molecule has 1 aromatic heterocycles. The first kappa shape index (κ1) is 12.4. The lowest BCUT2D eigenvalue weighted by Gasteiger charge is -2.06. The molecule has 0 aliphatic rings. The summed E-state index contributed by atoms with van der Waals surface area (Å²) >= 11 is 5.85. The maximum absolute atomic E-state index is 11.9. The standard InChI is InChI=1S/C11H12ClN5O/c1-17-6-15-9(16-17)5-14-11(18)7-3-2-4-8(12)10(7)13/h2-4,6H,5,13H2,1H3,(H,14,18). The molecule has 0 saturated heterocycles. The van der Waals surface area contributed by atoms with E-state index in [4.69, 9.17) is 17.3 Å². The summed E-state index contributed by atoms with van der Waals surface area (Å²) in [6.45, 7) is 0.242. The van der Waals surface area contributed by atoms with Gasteiger partial charge in [-0.15, -0.1) is 0 Å². The van der Waals surface area contributed by atoms with E-state index in [1.54, 1.807) is 36.3 Å². The Labute approximate surface area is 109 Å². The van der Waals surface area contributed by atoms with E-state index in [9.17, 15) is 4.79 Å². The Morgan fingerprint density at radius 2 is 2.33 bits per heavy atom. The van der Waals surface area contributed by atoms with Gasteiger partial charge in [-0.2, -0.15) is 5.10 Å². The summed E-state index contributed by atoms with van der Waals surface area (Å²) in [7, 11) is 1.76. The van der Waals surface area contributed by atoms with E-state index < -0.39 is 0 Å². The molecule has 0 aliphatic carbocycles. The Hall–Kier alpha value is -2.08. The summed E-state index contributed by atoms with van der Waals surface area (Å²) in [6.07, 6.45) is 1.56. The minimum atomic E-state index is -0.303. The highest BCUT2D eigenvalue weighted by atomic mass is 35.5. The van der Waals surface area contributed by atoms with E-state index in [0.29, 0.717) is 16.4 Å². The number of nitrogens with one attached hydrogen (secondary N) is 1. The van der Waals surface area contributed by atoms with Crippen molar-refractivity contribution in [1.29, 1.82) is 0 Å². The Kier molecular flexibility index (Phi) is 3.47. The molecule has 0 saturated carbocycles. The van der Waals surface area contributed by atoms with Crippen molar-refractivity contribution in [2.45, 2.75) is 6.54 Å². The zero-order chi connectivity index (χ0) is 13.1. The molecule has 0 radical (unpaired) electrons. The maximum Gasteiger partial charge on any atom is 0.253 e. The molecule has 0 atom stereocenters. The fourth-order valence-corrected chi connectivity index (χ4v) is 1.63. The van der Waals surface area contributed by atoms with Gasteiger partial charge >= 0.3 is 0 Å². The van der Waals surface area contributed by atoms with E-state index in [2.05, 4.69) is 15.4 Å². The van der Waals surface area contributed by atoms with Gasteiger partial charge in [0.25, 0.3) is 5.91 Å². The van der Waals surface area contributed by atoms with Gasteiger partial charge in [-0.05, 0) is 12.1 Å². The molecular formula is C11H12ClN5O. The first-order valence-corrected chi connectivity index (χ1v) is 5.62. The van der Waals surface area contributed by atoms with Crippen LogP contribution < -0.4 is 11.1 Å². The van der Waals surface area contributed by atoms with Crippen molar-refractivity contribution in [2.24, 2.45) is 7.05 Å². The van der Waals surface area contributed by atoms with Gasteiger partial charge in [-0.1, -0.05) is 17.7 Å². The Balaban J connectivity index is 2.06. The van der Waals surface area contributed by atoms with Gasteiger partial charge in [0, 0.05) is 7.05 Å². The average molecular weight is 266 g/mol. The molecule has 1 amide bonds. The third kappa shape index (κ3) is 2.60. The molecule has 2 aromatic rings. The van der Waals surface area contributed by atoms with Gasteiger partial charge in [0.05, 0.1) is 22.8 Å². The molecule has 18 heavy (non-hydrogen) atoms. The Morgan fingerprint density at radius 1 is 1.56 bits per heavy atom. The number of hydrogen-bond acceptors (Lipinski definition) is 4. The fraction of sp³-hybridized carbons (Fsp3) is 0.182. The van der Waals surface area contributed by atoms with Crippen molar-refractivity contribution in [2.75, 3.05) is 5.73 Å². The molecule has 0 unspecified atom stereocenters. The minimum Gasteiger partial charge on any atom is -0.397 e. The van der Waals surface area contributed by atoms with E-state index in [0.717, 1.165) is 0 Å². The van der Waals surface area contributed by atoms with Crippen LogP contribution in [0.3, 0.4) is 0 Å². The predicted octanol–water partition coefficient (Wildman–Crippen LogP) is 0.981. The SMILES string of the molecule is Cn1cnc(CNC(=O)c2cccc(Cl)c2N)n1. The Bertz CT molecular complexity index is 581. The van der Waals surface area contributed by atoms with Gasteiger partial charge in [0.1, 0.15) is 6.33 Å². The molecule has 2 rings (SSSR count). The molecule has 94 valence electrons. The van der Waals surface area contributed by atoms with Gasteiger partial charge in [0.2, 0.25) is 0 Å². The van der Waals surface area contributed by atoms with Crippen molar-refractivity contribution in [3.63, 3.8) is 0 Å². The lowest BCUT2D eigenvalue weighted by molar-refractivity contribution is 0.0950. The number of aryl methyl sites for hydroxylation is 1. The molecule has 7 heteroatoms. The fourth-order valence-electron chi connectivity index (χ4n) is 1.45. The Morgan fingerprint density at radius 3 is 3.00 bits per heavy atom. The van der Waals surface area contributed by atoms with Crippen LogP contribution in [0.15, 0.2) is 24.5 Å². The number of hydrogen-bond donors (Lipinski definition) is 2. The second-order valence-electron chi connectivity index (χ2n) is 3.72. The number of nitrogens with zero attached hydrogens (tertiary/aromatic N) is 3. The zero-order valence-electron chi connectivity index (χ0n) is 9.72. The zero-order valence-corrected chi connectivity index (χ0v) is 10.5. The summed E-state index contributed by atoms with van der Waals surface area (Å²) in [5, 5.41) is 7.09. The van der Waals surface area contributed by atoms with Crippen molar-refractivity contribution >= 4 is 23.2 Å². The van der Waals surface area contributed by atoms with Crippen molar-refractivity contribution in [1.82, 2.24) is 20.1 Å². The number of nitrogen functional groups attached to an aromatic ring is 1. The largest absolute Gasteiger partial charge is 0.397 e. The number of anilines is 1. The molecule has 6 nitrogen and oxygen atoms in total. The monoisotopic (exact) mass is 265 g/mol. The van der Waals surface area contributed by atoms with Crippen molar-refractivity contribution in [3.05, 3.63) is 40.9 Å². The summed E-state index contributed by atoms with van der Waals surface area (Å²) in [5.41, 5.74) is 6.34. The number of benzene rings is 1. The van der Waals surface area contributed by atoms with E-state index in [1.807, 2.05) is 0 Å². The van der Waals surface area contributed by atoms with Crippen LogP contribution in [-0.4, -0.2) is 20.7 Å². The molecule has 0 bridgehead atoms. The predicted molar refractivity (Wildman–Crippen MR) is 68.0 cm³/mol. The first-order chi connectivity index (χ1) is 8.58. The molecule has 0 aliphatic heterocycles. The number of amides is 1. The number of rotatable bonds is 3. The second-order valence-corrected chi connectivity index (χ2v) is 4.13. The number of carbonyl (C=O) groups excluding carboxylic acids is 1. The van der Waals surface area contributed by atoms with Crippen LogP contribution in [0.1, 0.15) is 16.2 Å². The summed E-state index contributed by atoms with van der Waals surface area (Å²) < 4.78 is 1.56. The minimum absolute atomic E-state index is 0.242. The maximum atomic E-state index is 11.9. The number of aromatic nitrogens is 3. The van der Waals surface area contributed by atoms with Gasteiger partial charge < -0.3 is 11.1 Å². The smallest absolute Gasteiger partial charge is 0.253 e. The molecule has 1 heterocycles. The highest BCUT2D eigenvalue weighted by molar-refractivity contribution is 6.33. The van der Waals surface area contributed by atoms with Gasteiger partial charge in [-0.25, -0.2) is 4.98 Å². The third-order valence-corrected chi connectivity index (χ3v) is 2.68. The molecule has 1 aromatic carbocycles. The van der Waals surface area contributed by atoms with E-state index >= 15 is 0 Å².